The SMILES string of the molecule is N#CC1[C@H]2[C@H]1[C@@H](O)C=C[C@H]2O. The van der Waals surface area contributed by atoms with Crippen molar-refractivity contribution < 1.29 is 10.2 Å². The summed E-state index contributed by atoms with van der Waals surface area (Å²) in [5, 5.41) is 27.2. The fourth-order valence-electron chi connectivity index (χ4n) is 1.90. The Morgan fingerprint density at radius 2 is 1.55 bits per heavy atom. The fraction of sp³-hybridized carbons (Fsp3) is 0.625. The van der Waals surface area contributed by atoms with Crippen molar-refractivity contribution in [1.82, 2.24) is 0 Å². The van der Waals surface area contributed by atoms with Crippen LogP contribution >= 0.6 is 0 Å². The molecule has 1 fully saturated rings. The lowest BCUT2D eigenvalue weighted by molar-refractivity contribution is 0.135. The summed E-state index contributed by atoms with van der Waals surface area (Å²) in [7, 11) is 0. The predicted octanol–water partition coefficient (Wildman–Crippen LogP) is -0.336. The number of nitriles is 1. The number of aliphatic hydroxyl groups excluding tert-OH is 2. The van der Waals surface area contributed by atoms with E-state index in [-0.39, 0.29) is 17.8 Å². The Kier molecular flexibility index (Phi) is 1.28. The highest BCUT2D eigenvalue weighted by molar-refractivity contribution is 5.23. The van der Waals surface area contributed by atoms with Gasteiger partial charge in [0.1, 0.15) is 0 Å². The first-order valence-corrected chi connectivity index (χ1v) is 3.70. The van der Waals surface area contributed by atoms with E-state index in [0.29, 0.717) is 0 Å². The van der Waals surface area contributed by atoms with Crippen molar-refractivity contribution in [2.24, 2.45) is 17.8 Å². The molecule has 2 N–H and O–H groups in total. The second kappa shape index (κ2) is 2.07. The molecule has 0 bridgehead atoms. The highest BCUT2D eigenvalue weighted by Gasteiger charge is 2.58. The minimum absolute atomic E-state index is 0.0139. The molecule has 0 amide bonds. The average molecular weight is 151 g/mol. The Morgan fingerprint density at radius 3 is 1.91 bits per heavy atom. The zero-order valence-electron chi connectivity index (χ0n) is 5.88. The Balaban J connectivity index is 2.19. The normalized spacial score (nSPS) is 53.0. The van der Waals surface area contributed by atoms with Crippen molar-refractivity contribution in [1.29, 1.82) is 5.26 Å². The Hall–Kier alpha value is -0.850. The minimum Gasteiger partial charge on any atom is -0.389 e. The average Bonchev–Trinajstić information content (AvgIpc) is 2.72. The number of nitrogens with zero attached hydrogens (tertiary/aromatic N) is 1. The maximum absolute atomic E-state index is 9.29. The summed E-state index contributed by atoms with van der Waals surface area (Å²) in [6, 6.07) is 2.08. The summed E-state index contributed by atoms with van der Waals surface area (Å²) in [6.07, 6.45) is 2.10. The molecular formula is C8H9NO2. The maximum Gasteiger partial charge on any atom is 0.0766 e. The molecule has 0 aromatic heterocycles. The molecule has 3 nitrogen and oxygen atoms in total. The van der Waals surface area contributed by atoms with Crippen LogP contribution in [-0.4, -0.2) is 22.4 Å². The van der Waals surface area contributed by atoms with Crippen LogP contribution in [0.1, 0.15) is 0 Å². The van der Waals surface area contributed by atoms with E-state index in [0.717, 1.165) is 0 Å². The van der Waals surface area contributed by atoms with Crippen molar-refractivity contribution in [3.63, 3.8) is 0 Å². The van der Waals surface area contributed by atoms with E-state index in [9.17, 15) is 10.2 Å². The van der Waals surface area contributed by atoms with Crippen LogP contribution in [0.25, 0.3) is 0 Å². The van der Waals surface area contributed by atoms with Gasteiger partial charge in [0.05, 0.1) is 24.2 Å². The molecule has 11 heavy (non-hydrogen) atoms. The number of fused-ring (bicyclic) bond motifs is 1. The molecule has 58 valence electrons. The zero-order valence-corrected chi connectivity index (χ0v) is 5.88. The fourth-order valence-corrected chi connectivity index (χ4v) is 1.90. The smallest absolute Gasteiger partial charge is 0.0766 e. The van der Waals surface area contributed by atoms with E-state index in [4.69, 9.17) is 5.26 Å². The monoisotopic (exact) mass is 151 g/mol. The molecule has 0 aromatic carbocycles. The molecule has 0 aliphatic heterocycles. The van der Waals surface area contributed by atoms with Gasteiger partial charge in [0.25, 0.3) is 0 Å². The molecule has 0 heterocycles. The summed E-state index contributed by atoms with van der Waals surface area (Å²) in [4.78, 5) is 0. The number of hydrogen-bond donors (Lipinski definition) is 2. The standard InChI is InChI=1S/C8H9NO2/c9-3-4-7-5(10)1-2-6(11)8(4)7/h1-2,4-8,10-11H/t4?,5-,6+,7-,8-/m1/s1. The van der Waals surface area contributed by atoms with E-state index in [1.807, 2.05) is 0 Å². The Labute approximate surface area is 64.6 Å². The van der Waals surface area contributed by atoms with Crippen LogP contribution in [0.2, 0.25) is 0 Å². The summed E-state index contributed by atoms with van der Waals surface area (Å²) in [5.41, 5.74) is 0. The molecular weight excluding hydrogens is 142 g/mol. The third kappa shape index (κ3) is 0.802. The lowest BCUT2D eigenvalue weighted by Crippen LogP contribution is -2.19. The number of hydrogen-bond acceptors (Lipinski definition) is 3. The molecule has 0 spiro atoms. The van der Waals surface area contributed by atoms with Crippen LogP contribution in [0, 0.1) is 29.1 Å². The van der Waals surface area contributed by atoms with Gasteiger partial charge in [-0.1, -0.05) is 12.2 Å². The first-order chi connectivity index (χ1) is 5.25. The van der Waals surface area contributed by atoms with E-state index < -0.39 is 12.2 Å². The largest absolute Gasteiger partial charge is 0.389 e. The van der Waals surface area contributed by atoms with Crippen LogP contribution in [0.5, 0.6) is 0 Å². The Bertz CT molecular complexity index is 225. The minimum atomic E-state index is -0.520. The highest BCUT2D eigenvalue weighted by Crippen LogP contribution is 2.52. The van der Waals surface area contributed by atoms with E-state index in [1.165, 1.54) is 0 Å². The third-order valence-electron chi connectivity index (χ3n) is 2.58. The van der Waals surface area contributed by atoms with Gasteiger partial charge in [-0.05, 0) is 0 Å². The summed E-state index contributed by atoms with van der Waals surface area (Å²) < 4.78 is 0. The molecule has 5 atom stereocenters. The van der Waals surface area contributed by atoms with Gasteiger partial charge in [-0.3, -0.25) is 0 Å². The second-order valence-electron chi connectivity index (χ2n) is 3.18. The highest BCUT2D eigenvalue weighted by atomic mass is 16.3. The number of aliphatic hydroxyl groups is 2. The van der Waals surface area contributed by atoms with Crippen LogP contribution < -0.4 is 0 Å². The van der Waals surface area contributed by atoms with Gasteiger partial charge in [0.2, 0.25) is 0 Å². The molecule has 2 rings (SSSR count). The van der Waals surface area contributed by atoms with Gasteiger partial charge < -0.3 is 10.2 Å². The van der Waals surface area contributed by atoms with E-state index in [2.05, 4.69) is 6.07 Å². The molecule has 2 aliphatic carbocycles. The summed E-state index contributed by atoms with van der Waals surface area (Å²) >= 11 is 0. The van der Waals surface area contributed by atoms with Gasteiger partial charge in [0, 0.05) is 11.8 Å². The van der Waals surface area contributed by atoms with Crippen molar-refractivity contribution in [2.75, 3.05) is 0 Å². The lowest BCUT2D eigenvalue weighted by atomic mass is 10.0. The van der Waals surface area contributed by atoms with E-state index >= 15 is 0 Å². The van der Waals surface area contributed by atoms with Crippen molar-refractivity contribution in [3.8, 4) is 6.07 Å². The third-order valence-corrected chi connectivity index (χ3v) is 2.58. The quantitative estimate of drug-likeness (QED) is 0.466. The molecule has 1 saturated carbocycles. The van der Waals surface area contributed by atoms with Crippen LogP contribution in [-0.2, 0) is 0 Å². The summed E-state index contributed by atoms with van der Waals surface area (Å²) in [6.45, 7) is 0. The van der Waals surface area contributed by atoms with E-state index in [1.54, 1.807) is 12.2 Å². The van der Waals surface area contributed by atoms with Crippen molar-refractivity contribution in [2.45, 2.75) is 12.2 Å². The number of rotatable bonds is 0. The maximum atomic E-state index is 9.29. The van der Waals surface area contributed by atoms with Gasteiger partial charge in [-0.25, -0.2) is 0 Å². The van der Waals surface area contributed by atoms with Crippen LogP contribution in [0.15, 0.2) is 12.2 Å². The lowest BCUT2D eigenvalue weighted by Gasteiger charge is -2.12. The van der Waals surface area contributed by atoms with Gasteiger partial charge in [0.15, 0.2) is 0 Å². The van der Waals surface area contributed by atoms with Crippen molar-refractivity contribution in [3.05, 3.63) is 12.2 Å². The molecule has 3 heteroatoms. The van der Waals surface area contributed by atoms with Gasteiger partial charge in [-0.15, -0.1) is 0 Å². The molecule has 0 saturated heterocycles. The Morgan fingerprint density at radius 1 is 1.09 bits per heavy atom. The predicted molar refractivity (Wildman–Crippen MR) is 37.2 cm³/mol. The van der Waals surface area contributed by atoms with Gasteiger partial charge in [-0.2, -0.15) is 5.26 Å². The van der Waals surface area contributed by atoms with Crippen molar-refractivity contribution >= 4 is 0 Å². The topological polar surface area (TPSA) is 64.2 Å². The first kappa shape index (κ1) is 6.84. The zero-order chi connectivity index (χ0) is 8.01. The molecule has 2 aliphatic rings. The molecule has 0 aromatic rings. The van der Waals surface area contributed by atoms with Gasteiger partial charge >= 0.3 is 0 Å². The second-order valence-corrected chi connectivity index (χ2v) is 3.18. The molecule has 0 radical (unpaired) electrons. The van der Waals surface area contributed by atoms with Crippen LogP contribution in [0.3, 0.4) is 0 Å². The summed E-state index contributed by atoms with van der Waals surface area (Å²) in [5.74, 6) is -0.171. The molecule has 1 unspecified atom stereocenters. The van der Waals surface area contributed by atoms with Crippen LogP contribution in [0.4, 0.5) is 0 Å². The first-order valence-electron chi connectivity index (χ1n) is 3.70.